The Morgan fingerprint density at radius 1 is 1.55 bits per heavy atom. The quantitative estimate of drug-likeness (QED) is 0.703. The molecule has 20 heavy (non-hydrogen) atoms. The van der Waals surface area contributed by atoms with Crippen molar-refractivity contribution in [3.8, 4) is 6.07 Å². The third-order valence-electron chi connectivity index (χ3n) is 2.78. The van der Waals surface area contributed by atoms with E-state index in [1.165, 1.54) is 29.5 Å². The van der Waals surface area contributed by atoms with Crippen LogP contribution in [0, 0.1) is 24.1 Å². The molecule has 2 aromatic rings. The van der Waals surface area contributed by atoms with Crippen molar-refractivity contribution in [2.45, 2.75) is 12.8 Å². The maximum Gasteiger partial charge on any atom is 0.194 e. The van der Waals surface area contributed by atoms with Gasteiger partial charge in [0.15, 0.2) is 5.78 Å². The first kappa shape index (κ1) is 15.2. The minimum Gasteiger partial charge on any atom is -0.291 e. The highest BCUT2D eigenvalue weighted by atomic mass is 79.9. The molecule has 1 atom stereocenters. The predicted octanol–water partition coefficient (Wildman–Crippen LogP) is 5.10. The van der Waals surface area contributed by atoms with Crippen molar-refractivity contribution in [1.29, 1.82) is 5.26 Å². The first-order chi connectivity index (χ1) is 9.45. The second-order valence-electron chi connectivity index (χ2n) is 4.13. The van der Waals surface area contributed by atoms with Gasteiger partial charge in [0.2, 0.25) is 0 Å². The summed E-state index contributed by atoms with van der Waals surface area (Å²) in [6.45, 7) is 1.84. The minimum atomic E-state index is -1.24. The van der Waals surface area contributed by atoms with E-state index >= 15 is 0 Å². The standard InChI is InChI=1S/C14H8BrClFNOS/c1-7-5-11(20-14(7)15)13(19)8(6-18)12-9(16)3-2-4-10(12)17/h2-5,8H,1H3. The summed E-state index contributed by atoms with van der Waals surface area (Å²) in [5.41, 5.74) is 0.832. The van der Waals surface area contributed by atoms with Gasteiger partial charge in [0.05, 0.1) is 14.7 Å². The van der Waals surface area contributed by atoms with Crippen LogP contribution in [0.15, 0.2) is 28.1 Å². The van der Waals surface area contributed by atoms with Gasteiger partial charge in [0, 0.05) is 10.6 Å². The van der Waals surface area contributed by atoms with E-state index in [4.69, 9.17) is 11.6 Å². The van der Waals surface area contributed by atoms with E-state index < -0.39 is 17.5 Å². The molecule has 102 valence electrons. The summed E-state index contributed by atoms with van der Waals surface area (Å²) < 4.78 is 14.7. The van der Waals surface area contributed by atoms with Crippen LogP contribution in [-0.2, 0) is 0 Å². The van der Waals surface area contributed by atoms with E-state index in [2.05, 4.69) is 15.9 Å². The molecule has 1 aromatic heterocycles. The van der Waals surface area contributed by atoms with Crippen molar-refractivity contribution in [3.05, 3.63) is 54.9 Å². The van der Waals surface area contributed by atoms with Gasteiger partial charge in [-0.25, -0.2) is 4.39 Å². The van der Waals surface area contributed by atoms with Crippen LogP contribution in [0.5, 0.6) is 0 Å². The molecule has 0 radical (unpaired) electrons. The molecule has 6 heteroatoms. The molecule has 0 spiro atoms. The molecule has 1 aromatic carbocycles. The molecule has 0 aliphatic carbocycles. The lowest BCUT2D eigenvalue weighted by atomic mass is 9.94. The van der Waals surface area contributed by atoms with Crippen LogP contribution >= 0.6 is 38.9 Å². The number of halogens is 3. The molecule has 2 rings (SSSR count). The number of hydrogen-bond acceptors (Lipinski definition) is 3. The molecule has 0 N–H and O–H groups in total. The first-order valence-electron chi connectivity index (χ1n) is 5.59. The van der Waals surface area contributed by atoms with Crippen molar-refractivity contribution in [2.75, 3.05) is 0 Å². The summed E-state index contributed by atoms with van der Waals surface area (Å²) in [6.07, 6.45) is 0. The van der Waals surface area contributed by atoms with Crippen LogP contribution in [0.4, 0.5) is 4.39 Å². The number of nitrogens with zero attached hydrogens (tertiary/aromatic N) is 1. The number of benzene rings is 1. The SMILES string of the molecule is Cc1cc(C(=O)C(C#N)c2c(F)cccc2Cl)sc1Br. The van der Waals surface area contributed by atoms with Crippen molar-refractivity contribution < 1.29 is 9.18 Å². The van der Waals surface area contributed by atoms with E-state index in [1.54, 1.807) is 6.07 Å². The minimum absolute atomic E-state index is 0.0659. The van der Waals surface area contributed by atoms with Gasteiger partial charge in [-0.05, 0) is 46.6 Å². The van der Waals surface area contributed by atoms with Crippen LogP contribution in [0.3, 0.4) is 0 Å². The molecule has 0 amide bonds. The largest absolute Gasteiger partial charge is 0.291 e. The Kier molecular flexibility index (Phi) is 4.59. The lowest BCUT2D eigenvalue weighted by Gasteiger charge is -2.10. The second kappa shape index (κ2) is 6.04. The Morgan fingerprint density at radius 2 is 2.25 bits per heavy atom. The number of hydrogen-bond donors (Lipinski definition) is 0. The summed E-state index contributed by atoms with van der Waals surface area (Å²) in [5, 5.41) is 9.31. The fraction of sp³-hybridized carbons (Fsp3) is 0.143. The Hall–Kier alpha value is -1.22. The van der Waals surface area contributed by atoms with Gasteiger partial charge >= 0.3 is 0 Å². The van der Waals surface area contributed by atoms with Gasteiger partial charge in [0.25, 0.3) is 0 Å². The Bertz CT molecular complexity index is 683. The Morgan fingerprint density at radius 3 is 2.75 bits per heavy atom. The second-order valence-corrected chi connectivity index (χ2v) is 6.91. The molecular weight excluding hydrogens is 365 g/mol. The summed E-state index contributed by atoms with van der Waals surface area (Å²) in [6, 6.07) is 7.61. The first-order valence-corrected chi connectivity index (χ1v) is 7.58. The topological polar surface area (TPSA) is 40.9 Å². The van der Waals surface area contributed by atoms with Crippen LogP contribution in [0.1, 0.15) is 26.7 Å². The lowest BCUT2D eigenvalue weighted by molar-refractivity contribution is 0.0981. The average molecular weight is 373 g/mol. The average Bonchev–Trinajstić information content (AvgIpc) is 2.73. The number of Topliss-reactive ketones (excluding diaryl/α,β-unsaturated/α-hetero) is 1. The molecule has 1 heterocycles. The molecule has 0 saturated carbocycles. The Labute approximate surface area is 132 Å². The number of nitriles is 1. The zero-order valence-corrected chi connectivity index (χ0v) is 13.4. The lowest BCUT2D eigenvalue weighted by Crippen LogP contribution is -2.12. The fourth-order valence-corrected chi connectivity index (χ4v) is 3.54. The van der Waals surface area contributed by atoms with Crippen LogP contribution in [0.2, 0.25) is 5.02 Å². The van der Waals surface area contributed by atoms with Gasteiger partial charge in [-0.1, -0.05) is 17.7 Å². The Balaban J connectivity index is 2.48. The van der Waals surface area contributed by atoms with Crippen molar-refractivity contribution in [2.24, 2.45) is 0 Å². The fourth-order valence-electron chi connectivity index (χ4n) is 1.76. The number of carbonyl (C=O) groups is 1. The van der Waals surface area contributed by atoms with Crippen LogP contribution in [0.25, 0.3) is 0 Å². The van der Waals surface area contributed by atoms with Gasteiger partial charge in [-0.2, -0.15) is 5.26 Å². The monoisotopic (exact) mass is 371 g/mol. The highest BCUT2D eigenvalue weighted by Crippen LogP contribution is 2.34. The van der Waals surface area contributed by atoms with Gasteiger partial charge in [-0.3, -0.25) is 4.79 Å². The number of rotatable bonds is 3. The normalized spacial score (nSPS) is 11.9. The highest BCUT2D eigenvalue weighted by molar-refractivity contribution is 9.11. The zero-order valence-electron chi connectivity index (χ0n) is 10.3. The molecule has 0 bridgehead atoms. The maximum atomic E-state index is 13.9. The van der Waals surface area contributed by atoms with E-state index in [0.29, 0.717) is 4.88 Å². The number of aryl methyl sites for hydroxylation is 1. The molecule has 0 saturated heterocycles. The molecular formula is C14H8BrClFNOS. The number of thiophene rings is 1. The van der Waals surface area contributed by atoms with Gasteiger partial charge < -0.3 is 0 Å². The van der Waals surface area contributed by atoms with E-state index in [1.807, 2.05) is 13.0 Å². The summed E-state index contributed by atoms with van der Waals surface area (Å²) >= 11 is 10.5. The number of ketones is 1. The van der Waals surface area contributed by atoms with E-state index in [0.717, 1.165) is 9.35 Å². The zero-order chi connectivity index (χ0) is 14.9. The smallest absolute Gasteiger partial charge is 0.194 e. The van der Waals surface area contributed by atoms with Gasteiger partial charge in [0.1, 0.15) is 11.7 Å². The molecule has 0 fully saturated rings. The van der Waals surface area contributed by atoms with Crippen molar-refractivity contribution in [1.82, 2.24) is 0 Å². The van der Waals surface area contributed by atoms with Crippen LogP contribution in [-0.4, -0.2) is 5.78 Å². The third kappa shape index (κ3) is 2.78. The number of carbonyl (C=O) groups excluding carboxylic acids is 1. The molecule has 1 unspecified atom stereocenters. The molecule has 0 aliphatic heterocycles. The van der Waals surface area contributed by atoms with E-state index in [9.17, 15) is 14.4 Å². The molecule has 0 aliphatic rings. The van der Waals surface area contributed by atoms with Gasteiger partial charge in [-0.15, -0.1) is 11.3 Å². The third-order valence-corrected chi connectivity index (χ3v) is 5.26. The molecule has 2 nitrogen and oxygen atoms in total. The summed E-state index contributed by atoms with van der Waals surface area (Å²) in [4.78, 5) is 12.8. The van der Waals surface area contributed by atoms with Crippen LogP contribution < -0.4 is 0 Å². The van der Waals surface area contributed by atoms with Crippen molar-refractivity contribution in [3.63, 3.8) is 0 Å². The summed E-state index contributed by atoms with van der Waals surface area (Å²) in [5.74, 6) is -2.34. The van der Waals surface area contributed by atoms with Crippen molar-refractivity contribution >= 4 is 44.7 Å². The predicted molar refractivity (Wildman–Crippen MR) is 80.9 cm³/mol. The summed E-state index contributed by atoms with van der Waals surface area (Å²) in [7, 11) is 0. The van der Waals surface area contributed by atoms with E-state index in [-0.39, 0.29) is 10.6 Å². The maximum absolute atomic E-state index is 13.9. The highest BCUT2D eigenvalue weighted by Gasteiger charge is 2.28.